The van der Waals surface area contributed by atoms with E-state index < -0.39 is 10.0 Å². The van der Waals surface area contributed by atoms with Crippen LogP contribution in [-0.2, 0) is 21.2 Å². The maximum atomic E-state index is 12.2. The van der Waals surface area contributed by atoms with E-state index in [0.29, 0.717) is 19.5 Å². The predicted octanol–water partition coefficient (Wildman–Crippen LogP) is -0.0160. The van der Waals surface area contributed by atoms with Gasteiger partial charge in [-0.25, -0.2) is 8.42 Å². The van der Waals surface area contributed by atoms with E-state index in [0.717, 1.165) is 18.0 Å². The van der Waals surface area contributed by atoms with Gasteiger partial charge in [-0.1, -0.05) is 6.07 Å². The van der Waals surface area contributed by atoms with Crippen molar-refractivity contribution in [2.75, 3.05) is 45.5 Å². The first-order valence-electron chi connectivity index (χ1n) is 6.94. The third kappa shape index (κ3) is 4.77. The number of aryl methyl sites for hydroxylation is 1. The average Bonchev–Trinajstić information content (AvgIpc) is 2.99. The third-order valence-electron chi connectivity index (χ3n) is 3.49. The molecule has 0 aromatic carbocycles. The molecule has 1 N–H and O–H groups in total. The highest BCUT2D eigenvalue weighted by atomic mass is 32.2. The Hall–Kier alpha value is -0.960. The molecule has 0 unspecified atom stereocenters. The molecule has 0 radical (unpaired) electrons. The highest BCUT2D eigenvalue weighted by molar-refractivity contribution is 7.89. The van der Waals surface area contributed by atoms with Gasteiger partial charge in [0.2, 0.25) is 15.9 Å². The molecule has 1 aromatic rings. The van der Waals surface area contributed by atoms with Gasteiger partial charge in [0.1, 0.15) is 0 Å². The van der Waals surface area contributed by atoms with Crippen molar-refractivity contribution in [1.29, 1.82) is 0 Å². The zero-order valence-electron chi connectivity index (χ0n) is 12.1. The Morgan fingerprint density at radius 2 is 2.14 bits per heavy atom. The quantitative estimate of drug-likeness (QED) is 0.796. The standard InChI is InChI=1S/C13H21N3O3S2/c1-15(11-13(17)16-7-5-14-6-8-16)21(18,19)10-4-12-3-2-9-20-12/h2-3,9,14H,4-8,10-11H2,1H3. The molecule has 1 fully saturated rings. The number of thiophene rings is 1. The molecule has 0 spiro atoms. The molecule has 0 saturated carbocycles. The van der Waals surface area contributed by atoms with Crippen molar-refractivity contribution in [3.8, 4) is 0 Å². The van der Waals surface area contributed by atoms with Crippen LogP contribution in [0.2, 0.25) is 0 Å². The number of rotatable bonds is 6. The summed E-state index contributed by atoms with van der Waals surface area (Å²) in [7, 11) is -1.92. The van der Waals surface area contributed by atoms with E-state index in [4.69, 9.17) is 0 Å². The second kappa shape index (κ2) is 7.35. The van der Waals surface area contributed by atoms with Crippen molar-refractivity contribution in [2.24, 2.45) is 0 Å². The molecule has 1 saturated heterocycles. The maximum absolute atomic E-state index is 12.2. The molecule has 2 heterocycles. The van der Waals surface area contributed by atoms with Crippen LogP contribution in [0.5, 0.6) is 0 Å². The highest BCUT2D eigenvalue weighted by Gasteiger charge is 2.24. The largest absolute Gasteiger partial charge is 0.339 e. The molecule has 21 heavy (non-hydrogen) atoms. The highest BCUT2D eigenvalue weighted by Crippen LogP contribution is 2.11. The van der Waals surface area contributed by atoms with Gasteiger partial charge in [0.05, 0.1) is 12.3 Å². The molecule has 1 amide bonds. The number of piperazine rings is 1. The number of amides is 1. The average molecular weight is 331 g/mol. The summed E-state index contributed by atoms with van der Waals surface area (Å²) in [4.78, 5) is 14.8. The van der Waals surface area contributed by atoms with E-state index in [1.165, 1.54) is 11.4 Å². The number of nitrogens with zero attached hydrogens (tertiary/aromatic N) is 2. The molecule has 0 atom stereocenters. The first-order chi connectivity index (χ1) is 9.99. The van der Waals surface area contributed by atoms with Crippen LogP contribution in [0.4, 0.5) is 0 Å². The molecule has 6 nitrogen and oxygen atoms in total. The molecule has 2 rings (SSSR count). The van der Waals surface area contributed by atoms with Gasteiger partial charge in [-0.15, -0.1) is 11.3 Å². The van der Waals surface area contributed by atoms with E-state index >= 15 is 0 Å². The van der Waals surface area contributed by atoms with Crippen LogP contribution in [0.1, 0.15) is 4.88 Å². The summed E-state index contributed by atoms with van der Waals surface area (Å²) < 4.78 is 25.6. The van der Waals surface area contributed by atoms with Gasteiger partial charge in [0.15, 0.2) is 0 Å². The van der Waals surface area contributed by atoms with Crippen LogP contribution in [0.25, 0.3) is 0 Å². The SMILES string of the molecule is CN(CC(=O)N1CCNCC1)S(=O)(=O)CCc1cccs1. The molecule has 8 heteroatoms. The molecular weight excluding hydrogens is 310 g/mol. The summed E-state index contributed by atoms with van der Waals surface area (Å²) in [6.45, 7) is 2.73. The molecule has 1 aromatic heterocycles. The van der Waals surface area contributed by atoms with Gasteiger partial charge in [0.25, 0.3) is 0 Å². The van der Waals surface area contributed by atoms with Crippen molar-refractivity contribution >= 4 is 27.3 Å². The van der Waals surface area contributed by atoms with Crippen LogP contribution >= 0.6 is 11.3 Å². The fourth-order valence-corrected chi connectivity index (χ4v) is 4.08. The Kier molecular flexibility index (Phi) is 5.74. The molecule has 1 aliphatic heterocycles. The van der Waals surface area contributed by atoms with Gasteiger partial charge < -0.3 is 10.2 Å². The molecule has 118 valence electrons. The lowest BCUT2D eigenvalue weighted by atomic mass is 10.3. The van der Waals surface area contributed by atoms with Crippen LogP contribution < -0.4 is 5.32 Å². The predicted molar refractivity (Wildman–Crippen MR) is 83.9 cm³/mol. The van der Waals surface area contributed by atoms with Crippen LogP contribution in [0, 0.1) is 0 Å². The number of nitrogens with one attached hydrogen (secondary N) is 1. The van der Waals surface area contributed by atoms with Crippen molar-refractivity contribution in [3.05, 3.63) is 22.4 Å². The second-order valence-electron chi connectivity index (χ2n) is 5.03. The summed E-state index contributed by atoms with van der Waals surface area (Å²) in [5.41, 5.74) is 0. The number of carbonyl (C=O) groups is 1. The van der Waals surface area contributed by atoms with Crippen molar-refractivity contribution in [1.82, 2.24) is 14.5 Å². The number of likely N-dealkylation sites (N-methyl/N-ethyl adjacent to an activating group) is 1. The van der Waals surface area contributed by atoms with Gasteiger partial charge >= 0.3 is 0 Å². The summed E-state index contributed by atoms with van der Waals surface area (Å²) in [6, 6.07) is 3.83. The Morgan fingerprint density at radius 1 is 1.43 bits per heavy atom. The Labute approximate surface area is 129 Å². The van der Waals surface area contributed by atoms with E-state index in [-0.39, 0.29) is 18.2 Å². The molecular formula is C13H21N3O3S2. The lowest BCUT2D eigenvalue weighted by Gasteiger charge is -2.29. The van der Waals surface area contributed by atoms with Gasteiger partial charge in [-0.3, -0.25) is 4.79 Å². The Morgan fingerprint density at radius 3 is 2.76 bits per heavy atom. The number of sulfonamides is 1. The van der Waals surface area contributed by atoms with Gasteiger partial charge in [-0.2, -0.15) is 4.31 Å². The minimum Gasteiger partial charge on any atom is -0.339 e. The van der Waals surface area contributed by atoms with E-state index in [2.05, 4.69) is 5.32 Å². The van der Waals surface area contributed by atoms with E-state index in [1.54, 1.807) is 16.2 Å². The summed E-state index contributed by atoms with van der Waals surface area (Å²) >= 11 is 1.55. The van der Waals surface area contributed by atoms with Crippen LogP contribution in [0.15, 0.2) is 17.5 Å². The Bertz CT molecular complexity index is 551. The number of hydrogen-bond donors (Lipinski definition) is 1. The van der Waals surface area contributed by atoms with Gasteiger partial charge in [-0.05, 0) is 17.9 Å². The molecule has 0 aliphatic carbocycles. The maximum Gasteiger partial charge on any atom is 0.237 e. The minimum atomic E-state index is -3.39. The monoisotopic (exact) mass is 331 g/mol. The fraction of sp³-hybridized carbons (Fsp3) is 0.615. The topological polar surface area (TPSA) is 69.7 Å². The van der Waals surface area contributed by atoms with Crippen LogP contribution in [-0.4, -0.2) is 69.1 Å². The lowest BCUT2D eigenvalue weighted by Crippen LogP contribution is -2.50. The minimum absolute atomic E-state index is 0.0405. The number of hydrogen-bond acceptors (Lipinski definition) is 5. The fourth-order valence-electron chi connectivity index (χ4n) is 2.14. The van der Waals surface area contributed by atoms with E-state index in [9.17, 15) is 13.2 Å². The van der Waals surface area contributed by atoms with Crippen molar-refractivity contribution in [3.63, 3.8) is 0 Å². The summed E-state index contributed by atoms with van der Waals surface area (Å²) in [6.07, 6.45) is 0.492. The lowest BCUT2D eigenvalue weighted by molar-refractivity contribution is -0.131. The van der Waals surface area contributed by atoms with Crippen molar-refractivity contribution < 1.29 is 13.2 Å². The van der Waals surface area contributed by atoms with Crippen molar-refractivity contribution in [2.45, 2.75) is 6.42 Å². The Balaban J connectivity index is 1.85. The molecule has 0 bridgehead atoms. The number of carbonyl (C=O) groups excluding carboxylic acids is 1. The van der Waals surface area contributed by atoms with E-state index in [1.807, 2.05) is 17.5 Å². The smallest absolute Gasteiger partial charge is 0.237 e. The first kappa shape index (κ1) is 16.4. The summed E-state index contributed by atoms with van der Waals surface area (Å²) in [5, 5.41) is 5.09. The first-order valence-corrected chi connectivity index (χ1v) is 9.43. The van der Waals surface area contributed by atoms with Crippen LogP contribution in [0.3, 0.4) is 0 Å². The normalized spacial score (nSPS) is 16.4. The summed E-state index contributed by atoms with van der Waals surface area (Å²) in [5.74, 6) is -0.0857. The zero-order chi connectivity index (χ0) is 15.3. The third-order valence-corrected chi connectivity index (χ3v) is 6.22. The molecule has 1 aliphatic rings. The zero-order valence-corrected chi connectivity index (χ0v) is 13.8. The van der Waals surface area contributed by atoms with Gasteiger partial charge in [0, 0.05) is 38.1 Å². The second-order valence-corrected chi connectivity index (χ2v) is 8.26.